The van der Waals surface area contributed by atoms with E-state index in [4.69, 9.17) is 9.47 Å². The van der Waals surface area contributed by atoms with Gasteiger partial charge in [0.25, 0.3) is 0 Å². The number of hydrogen-bond acceptors (Lipinski definition) is 4. The summed E-state index contributed by atoms with van der Waals surface area (Å²) < 4.78 is 10.9. The molecule has 1 fully saturated rings. The van der Waals surface area contributed by atoms with Crippen molar-refractivity contribution < 1.29 is 19.1 Å². The summed E-state index contributed by atoms with van der Waals surface area (Å²) >= 11 is 0. The summed E-state index contributed by atoms with van der Waals surface area (Å²) in [6.07, 6.45) is 15.3. The molecule has 28 heavy (non-hydrogen) atoms. The Morgan fingerprint density at radius 3 is 1.71 bits per heavy atom. The van der Waals surface area contributed by atoms with Gasteiger partial charge in [-0.3, -0.25) is 9.59 Å². The lowest BCUT2D eigenvalue weighted by molar-refractivity contribution is -0.163. The zero-order chi connectivity index (χ0) is 20.6. The molecule has 0 aliphatic heterocycles. The Morgan fingerprint density at radius 2 is 1.21 bits per heavy atom. The molecule has 0 spiro atoms. The van der Waals surface area contributed by atoms with Crippen LogP contribution >= 0.6 is 0 Å². The monoisotopic (exact) mass is 396 g/mol. The van der Waals surface area contributed by atoms with E-state index in [1.165, 1.54) is 38.5 Å². The van der Waals surface area contributed by atoms with E-state index in [1.807, 2.05) is 0 Å². The predicted molar refractivity (Wildman–Crippen MR) is 114 cm³/mol. The highest BCUT2D eigenvalue weighted by Gasteiger charge is 2.37. The van der Waals surface area contributed by atoms with Gasteiger partial charge in [0, 0.05) is 0 Å². The third-order valence-corrected chi connectivity index (χ3v) is 5.78. The fourth-order valence-electron chi connectivity index (χ4n) is 3.94. The van der Waals surface area contributed by atoms with Gasteiger partial charge in [0.15, 0.2) is 0 Å². The molecule has 0 aromatic rings. The zero-order valence-corrected chi connectivity index (χ0v) is 18.7. The van der Waals surface area contributed by atoms with E-state index in [0.29, 0.717) is 13.2 Å². The second-order valence-electron chi connectivity index (χ2n) is 8.84. The standard InChI is InChI=1S/C24H44O4/c1-4-5-18-27-23(25)21-16-12-13-17-22(21)24(26)28-19-14-10-8-6-7-9-11-15-20(2)3/h20-22H,4-19H2,1-3H3. The Kier molecular flexibility index (Phi) is 14.1. The van der Waals surface area contributed by atoms with Crippen molar-refractivity contribution in [3.05, 3.63) is 0 Å². The van der Waals surface area contributed by atoms with Crippen LogP contribution in [-0.4, -0.2) is 25.2 Å². The van der Waals surface area contributed by atoms with E-state index in [-0.39, 0.29) is 23.8 Å². The molecule has 0 N–H and O–H groups in total. The Balaban J connectivity index is 2.14. The quantitative estimate of drug-likeness (QED) is 0.235. The zero-order valence-electron chi connectivity index (χ0n) is 18.7. The van der Waals surface area contributed by atoms with Gasteiger partial charge in [0.1, 0.15) is 0 Å². The Hall–Kier alpha value is -1.06. The highest BCUT2D eigenvalue weighted by Crippen LogP contribution is 2.32. The molecule has 1 aliphatic rings. The van der Waals surface area contributed by atoms with Crippen LogP contribution in [0.2, 0.25) is 0 Å². The molecule has 1 saturated carbocycles. The highest BCUT2D eigenvalue weighted by atomic mass is 16.5. The topological polar surface area (TPSA) is 52.6 Å². The van der Waals surface area contributed by atoms with Crippen LogP contribution in [0, 0.1) is 17.8 Å². The Bertz CT molecular complexity index is 419. The predicted octanol–water partition coefficient (Wildman–Crippen LogP) is 6.46. The fraction of sp³-hybridized carbons (Fsp3) is 0.917. The van der Waals surface area contributed by atoms with Gasteiger partial charge in [0.05, 0.1) is 25.0 Å². The first-order valence-corrected chi connectivity index (χ1v) is 11.9. The van der Waals surface area contributed by atoms with Gasteiger partial charge in [-0.05, 0) is 31.6 Å². The van der Waals surface area contributed by atoms with Gasteiger partial charge in [-0.15, -0.1) is 0 Å². The molecular formula is C24H44O4. The van der Waals surface area contributed by atoms with Crippen LogP contribution in [0.5, 0.6) is 0 Å². The smallest absolute Gasteiger partial charge is 0.309 e. The number of carbonyl (C=O) groups is 2. The van der Waals surface area contributed by atoms with E-state index in [1.54, 1.807) is 0 Å². The minimum atomic E-state index is -0.302. The van der Waals surface area contributed by atoms with E-state index in [2.05, 4.69) is 20.8 Å². The van der Waals surface area contributed by atoms with Gasteiger partial charge in [-0.2, -0.15) is 0 Å². The molecule has 1 aliphatic carbocycles. The molecule has 0 heterocycles. The molecule has 0 aromatic carbocycles. The number of carbonyl (C=O) groups excluding carboxylic acids is 2. The molecule has 164 valence electrons. The first kappa shape index (κ1) is 25.0. The summed E-state index contributed by atoms with van der Waals surface area (Å²) in [6.45, 7) is 7.59. The molecule has 2 atom stereocenters. The number of hydrogen-bond donors (Lipinski definition) is 0. The summed E-state index contributed by atoms with van der Waals surface area (Å²) in [5, 5.41) is 0. The summed E-state index contributed by atoms with van der Waals surface area (Å²) in [6, 6.07) is 0. The molecule has 0 amide bonds. The van der Waals surface area contributed by atoms with Crippen LogP contribution in [0.3, 0.4) is 0 Å². The van der Waals surface area contributed by atoms with Crippen molar-refractivity contribution in [2.24, 2.45) is 17.8 Å². The van der Waals surface area contributed by atoms with E-state index in [9.17, 15) is 9.59 Å². The largest absolute Gasteiger partial charge is 0.465 e. The summed E-state index contributed by atoms with van der Waals surface area (Å²) in [5.74, 6) is -0.178. The van der Waals surface area contributed by atoms with Crippen LogP contribution in [0.15, 0.2) is 0 Å². The van der Waals surface area contributed by atoms with Crippen LogP contribution in [-0.2, 0) is 19.1 Å². The van der Waals surface area contributed by atoms with E-state index >= 15 is 0 Å². The maximum absolute atomic E-state index is 12.5. The maximum atomic E-state index is 12.5. The van der Waals surface area contributed by atoms with Crippen LogP contribution in [0.4, 0.5) is 0 Å². The van der Waals surface area contributed by atoms with Crippen LogP contribution in [0.25, 0.3) is 0 Å². The summed E-state index contributed by atoms with van der Waals surface area (Å²) in [7, 11) is 0. The lowest BCUT2D eigenvalue weighted by Crippen LogP contribution is -2.35. The molecule has 0 aromatic heterocycles. The van der Waals surface area contributed by atoms with Gasteiger partial charge in [0.2, 0.25) is 0 Å². The fourth-order valence-corrected chi connectivity index (χ4v) is 3.94. The second-order valence-corrected chi connectivity index (χ2v) is 8.84. The molecule has 4 nitrogen and oxygen atoms in total. The van der Waals surface area contributed by atoms with E-state index in [0.717, 1.165) is 57.3 Å². The van der Waals surface area contributed by atoms with Gasteiger partial charge >= 0.3 is 11.9 Å². The second kappa shape index (κ2) is 15.8. The van der Waals surface area contributed by atoms with Crippen LogP contribution < -0.4 is 0 Å². The molecular weight excluding hydrogens is 352 g/mol. The highest BCUT2D eigenvalue weighted by molar-refractivity contribution is 5.82. The maximum Gasteiger partial charge on any atom is 0.309 e. The van der Waals surface area contributed by atoms with Crippen molar-refractivity contribution in [3.63, 3.8) is 0 Å². The average molecular weight is 397 g/mol. The van der Waals surface area contributed by atoms with Crippen LogP contribution in [0.1, 0.15) is 111 Å². The van der Waals surface area contributed by atoms with Crippen molar-refractivity contribution in [2.75, 3.05) is 13.2 Å². The summed E-state index contributed by atoms with van der Waals surface area (Å²) in [5.41, 5.74) is 0. The number of esters is 2. The number of rotatable bonds is 15. The van der Waals surface area contributed by atoms with Gasteiger partial charge in [-0.1, -0.05) is 85.0 Å². The van der Waals surface area contributed by atoms with Crippen molar-refractivity contribution in [1.82, 2.24) is 0 Å². The minimum Gasteiger partial charge on any atom is -0.465 e. The first-order valence-electron chi connectivity index (χ1n) is 11.9. The first-order chi connectivity index (χ1) is 13.6. The molecule has 1 rings (SSSR count). The normalized spacial score (nSPS) is 19.6. The lowest BCUT2D eigenvalue weighted by Gasteiger charge is -2.28. The summed E-state index contributed by atoms with van der Waals surface area (Å²) in [4.78, 5) is 24.8. The average Bonchev–Trinajstić information content (AvgIpc) is 2.69. The van der Waals surface area contributed by atoms with Gasteiger partial charge < -0.3 is 9.47 Å². The number of unbranched alkanes of at least 4 members (excludes halogenated alkanes) is 7. The van der Waals surface area contributed by atoms with Crippen molar-refractivity contribution >= 4 is 11.9 Å². The molecule has 0 saturated heterocycles. The molecule has 0 bridgehead atoms. The molecule has 4 heteroatoms. The van der Waals surface area contributed by atoms with Gasteiger partial charge in [-0.25, -0.2) is 0 Å². The minimum absolute atomic E-state index is 0.189. The molecule has 2 unspecified atom stereocenters. The Labute approximate surface area is 173 Å². The number of ether oxygens (including phenoxy) is 2. The van der Waals surface area contributed by atoms with E-state index < -0.39 is 0 Å². The lowest BCUT2D eigenvalue weighted by atomic mass is 9.79. The van der Waals surface area contributed by atoms with Crippen molar-refractivity contribution in [3.8, 4) is 0 Å². The van der Waals surface area contributed by atoms with Crippen molar-refractivity contribution in [1.29, 1.82) is 0 Å². The third kappa shape index (κ3) is 11.1. The third-order valence-electron chi connectivity index (χ3n) is 5.78. The SMILES string of the molecule is CCCCOC(=O)C1CCCCC1C(=O)OCCCCCCCCCC(C)C. The Morgan fingerprint density at radius 1 is 0.750 bits per heavy atom. The molecule has 0 radical (unpaired) electrons. The van der Waals surface area contributed by atoms with Crippen molar-refractivity contribution in [2.45, 2.75) is 111 Å².